The summed E-state index contributed by atoms with van der Waals surface area (Å²) in [6, 6.07) is 11.9. The number of aromatic nitrogens is 4. The van der Waals surface area contributed by atoms with Crippen LogP contribution in [0.4, 0.5) is 0 Å². The molecule has 0 aliphatic carbocycles. The number of nitrogens with zero attached hydrogens (tertiary/aromatic N) is 2. The molecule has 0 saturated carbocycles. The smallest absolute Gasteiger partial charge is 0.263 e. The lowest BCUT2D eigenvalue weighted by molar-refractivity contribution is 0.0933. The standard InChI is InChI=1S/C23H23N5O3/c1-13-8-9-17(23(31)28(13)3)22(30)27-19(20-11-21(29)26-14(2)25-20)10-15-12-24-18-7-5-4-6-16(15)18/h4-9,11-12,19,24H,10H2,1-3H3,(H,27,30)(H,25,26,29). The maximum atomic E-state index is 13.0. The Morgan fingerprint density at radius 1 is 1.16 bits per heavy atom. The number of aryl methyl sites for hydroxylation is 2. The van der Waals surface area contributed by atoms with E-state index in [2.05, 4.69) is 20.3 Å². The van der Waals surface area contributed by atoms with Crippen LogP contribution in [0.3, 0.4) is 0 Å². The summed E-state index contributed by atoms with van der Waals surface area (Å²) >= 11 is 0. The van der Waals surface area contributed by atoms with Gasteiger partial charge in [-0.2, -0.15) is 0 Å². The van der Waals surface area contributed by atoms with E-state index >= 15 is 0 Å². The minimum absolute atomic E-state index is 0.0404. The summed E-state index contributed by atoms with van der Waals surface area (Å²) in [7, 11) is 1.62. The highest BCUT2D eigenvalue weighted by atomic mass is 16.2. The molecule has 3 N–H and O–H groups in total. The molecule has 158 valence electrons. The fraction of sp³-hybridized carbons (Fsp3) is 0.217. The van der Waals surface area contributed by atoms with Gasteiger partial charge in [0.25, 0.3) is 17.0 Å². The van der Waals surface area contributed by atoms with Gasteiger partial charge < -0.3 is 19.9 Å². The van der Waals surface area contributed by atoms with Crippen LogP contribution in [-0.4, -0.2) is 25.4 Å². The third kappa shape index (κ3) is 4.05. The van der Waals surface area contributed by atoms with E-state index in [0.717, 1.165) is 22.2 Å². The number of rotatable bonds is 5. The molecule has 3 aromatic heterocycles. The van der Waals surface area contributed by atoms with Gasteiger partial charge in [-0.05, 0) is 37.6 Å². The maximum absolute atomic E-state index is 13.0. The van der Waals surface area contributed by atoms with Crippen molar-refractivity contribution in [2.24, 2.45) is 7.05 Å². The lowest BCUT2D eigenvalue weighted by Crippen LogP contribution is -2.36. The van der Waals surface area contributed by atoms with Gasteiger partial charge in [-0.1, -0.05) is 18.2 Å². The molecule has 8 nitrogen and oxygen atoms in total. The predicted molar refractivity (Wildman–Crippen MR) is 118 cm³/mol. The second kappa shape index (κ2) is 8.06. The number of benzene rings is 1. The average Bonchev–Trinajstić information content (AvgIpc) is 3.14. The summed E-state index contributed by atoms with van der Waals surface area (Å²) < 4.78 is 1.43. The van der Waals surface area contributed by atoms with Gasteiger partial charge in [0.15, 0.2) is 0 Å². The lowest BCUT2D eigenvalue weighted by atomic mass is 10.0. The van der Waals surface area contributed by atoms with Gasteiger partial charge in [0.05, 0.1) is 11.7 Å². The second-order valence-corrected chi connectivity index (χ2v) is 7.60. The predicted octanol–water partition coefficient (Wildman–Crippen LogP) is 2.28. The molecule has 0 saturated heterocycles. The first-order valence-electron chi connectivity index (χ1n) is 9.94. The van der Waals surface area contributed by atoms with Crippen molar-refractivity contribution in [3.63, 3.8) is 0 Å². The molecule has 0 aliphatic heterocycles. The summed E-state index contributed by atoms with van der Waals surface area (Å²) in [5.74, 6) is -0.0582. The second-order valence-electron chi connectivity index (χ2n) is 7.60. The van der Waals surface area contributed by atoms with Gasteiger partial charge in [0.2, 0.25) is 0 Å². The first-order valence-corrected chi connectivity index (χ1v) is 9.94. The van der Waals surface area contributed by atoms with Gasteiger partial charge in [0.1, 0.15) is 11.4 Å². The molecule has 0 aliphatic rings. The van der Waals surface area contributed by atoms with Crippen LogP contribution in [0.2, 0.25) is 0 Å². The molecule has 0 fully saturated rings. The first kappa shape index (κ1) is 20.3. The van der Waals surface area contributed by atoms with Gasteiger partial charge in [-0.15, -0.1) is 0 Å². The number of H-pyrrole nitrogens is 2. The van der Waals surface area contributed by atoms with Crippen LogP contribution >= 0.6 is 0 Å². The van der Waals surface area contributed by atoms with Crippen molar-refractivity contribution in [3.05, 3.63) is 97.7 Å². The minimum Gasteiger partial charge on any atom is -0.361 e. The fourth-order valence-electron chi connectivity index (χ4n) is 3.67. The van der Waals surface area contributed by atoms with Crippen LogP contribution in [0.5, 0.6) is 0 Å². The maximum Gasteiger partial charge on any atom is 0.263 e. The Bertz CT molecular complexity index is 1400. The summed E-state index contributed by atoms with van der Waals surface area (Å²) in [6.07, 6.45) is 2.28. The van der Waals surface area contributed by atoms with E-state index in [4.69, 9.17) is 0 Å². The van der Waals surface area contributed by atoms with Crippen LogP contribution in [0, 0.1) is 13.8 Å². The van der Waals surface area contributed by atoms with E-state index in [9.17, 15) is 14.4 Å². The Labute approximate surface area is 178 Å². The van der Waals surface area contributed by atoms with E-state index in [1.54, 1.807) is 27.0 Å². The largest absolute Gasteiger partial charge is 0.361 e. The van der Waals surface area contributed by atoms with E-state index in [0.29, 0.717) is 17.9 Å². The summed E-state index contributed by atoms with van der Waals surface area (Å²) in [6.45, 7) is 3.48. The summed E-state index contributed by atoms with van der Waals surface area (Å²) in [4.78, 5) is 47.9. The zero-order chi connectivity index (χ0) is 22.1. The Hall–Kier alpha value is -3.94. The number of pyridine rings is 1. The molecular weight excluding hydrogens is 394 g/mol. The van der Waals surface area contributed by atoms with Crippen LogP contribution < -0.4 is 16.4 Å². The number of hydrogen-bond acceptors (Lipinski definition) is 4. The van der Waals surface area contributed by atoms with Crippen molar-refractivity contribution in [1.82, 2.24) is 24.8 Å². The molecule has 4 aromatic rings. The van der Waals surface area contributed by atoms with E-state index in [1.807, 2.05) is 30.5 Å². The molecule has 1 unspecified atom stereocenters. The molecule has 0 spiro atoms. The number of hydrogen-bond donors (Lipinski definition) is 3. The number of carbonyl (C=O) groups is 1. The number of fused-ring (bicyclic) bond motifs is 1. The van der Waals surface area contributed by atoms with Gasteiger partial charge in [-0.25, -0.2) is 4.98 Å². The van der Waals surface area contributed by atoms with Gasteiger partial charge >= 0.3 is 0 Å². The van der Waals surface area contributed by atoms with Gasteiger partial charge in [-0.3, -0.25) is 14.4 Å². The first-order chi connectivity index (χ1) is 14.8. The van der Waals surface area contributed by atoms with Crippen molar-refractivity contribution in [2.45, 2.75) is 26.3 Å². The van der Waals surface area contributed by atoms with Crippen LogP contribution in [0.25, 0.3) is 10.9 Å². The molecule has 0 bridgehead atoms. The zero-order valence-corrected chi connectivity index (χ0v) is 17.5. The monoisotopic (exact) mass is 417 g/mol. The molecule has 0 radical (unpaired) electrons. The highest BCUT2D eigenvalue weighted by molar-refractivity contribution is 5.94. The highest BCUT2D eigenvalue weighted by Gasteiger charge is 2.22. The Morgan fingerprint density at radius 2 is 1.94 bits per heavy atom. The van der Waals surface area contributed by atoms with Crippen molar-refractivity contribution in [3.8, 4) is 0 Å². The van der Waals surface area contributed by atoms with Crippen LogP contribution in [-0.2, 0) is 13.5 Å². The van der Waals surface area contributed by atoms with Crippen molar-refractivity contribution in [1.29, 1.82) is 0 Å². The molecule has 3 heterocycles. The topological polar surface area (TPSA) is 113 Å². The molecule has 31 heavy (non-hydrogen) atoms. The van der Waals surface area contributed by atoms with Crippen molar-refractivity contribution < 1.29 is 4.79 Å². The Morgan fingerprint density at radius 3 is 2.71 bits per heavy atom. The van der Waals surface area contributed by atoms with Gasteiger partial charge in [0, 0.05) is 42.3 Å². The summed E-state index contributed by atoms with van der Waals surface area (Å²) in [5, 5.41) is 3.94. The Balaban J connectivity index is 1.73. The average molecular weight is 417 g/mol. The third-order valence-corrected chi connectivity index (χ3v) is 5.44. The van der Waals surface area contributed by atoms with Crippen molar-refractivity contribution >= 4 is 16.8 Å². The lowest BCUT2D eigenvalue weighted by Gasteiger charge is -2.19. The quantitative estimate of drug-likeness (QED) is 0.462. The molecule has 1 amide bonds. The van der Waals surface area contributed by atoms with E-state index in [1.165, 1.54) is 16.7 Å². The Kier molecular flexibility index (Phi) is 5.29. The van der Waals surface area contributed by atoms with E-state index < -0.39 is 11.9 Å². The third-order valence-electron chi connectivity index (χ3n) is 5.44. The highest BCUT2D eigenvalue weighted by Crippen LogP contribution is 2.23. The fourth-order valence-corrected chi connectivity index (χ4v) is 3.67. The number of nitrogens with one attached hydrogen (secondary N) is 3. The zero-order valence-electron chi connectivity index (χ0n) is 17.5. The van der Waals surface area contributed by atoms with Crippen LogP contribution in [0.1, 0.15) is 39.2 Å². The number of aromatic amines is 2. The molecule has 1 atom stereocenters. The SMILES string of the molecule is Cc1nc(C(Cc2c[nH]c3ccccc23)NC(=O)c2ccc(C)n(C)c2=O)cc(=O)[nH]1. The van der Waals surface area contributed by atoms with Crippen LogP contribution in [0.15, 0.2) is 58.3 Å². The number of para-hydroxylation sites is 1. The normalized spacial score (nSPS) is 12.1. The molecule has 1 aromatic carbocycles. The van der Waals surface area contributed by atoms with E-state index in [-0.39, 0.29) is 16.7 Å². The molecule has 8 heteroatoms. The molecule has 4 rings (SSSR count). The summed E-state index contributed by atoms with van der Waals surface area (Å²) in [5.41, 5.74) is 2.50. The molecular formula is C23H23N5O3. The van der Waals surface area contributed by atoms with Crippen molar-refractivity contribution in [2.75, 3.05) is 0 Å². The number of amides is 1. The number of carbonyl (C=O) groups excluding carboxylic acids is 1. The minimum atomic E-state index is -0.598.